The normalized spacial score (nSPS) is 13.9. The van der Waals surface area contributed by atoms with Gasteiger partial charge in [0.25, 0.3) is 11.8 Å². The molecule has 1 heterocycles. The van der Waals surface area contributed by atoms with Gasteiger partial charge in [0.15, 0.2) is 0 Å². The van der Waals surface area contributed by atoms with Crippen LogP contribution in [-0.4, -0.2) is 16.7 Å². The van der Waals surface area contributed by atoms with Crippen LogP contribution in [0.2, 0.25) is 0 Å². The van der Waals surface area contributed by atoms with E-state index >= 15 is 0 Å². The second-order valence-corrected chi connectivity index (χ2v) is 7.43. The van der Waals surface area contributed by atoms with Gasteiger partial charge in [-0.15, -0.1) is 0 Å². The molecule has 3 aromatic carbocycles. The average Bonchev–Trinajstić information content (AvgIpc) is 3.02. The largest absolute Gasteiger partial charge is 0.321 e. The van der Waals surface area contributed by atoms with Crippen molar-refractivity contribution in [2.24, 2.45) is 0 Å². The lowest BCUT2D eigenvalue weighted by molar-refractivity contribution is -0.120. The molecule has 0 saturated carbocycles. The van der Waals surface area contributed by atoms with Gasteiger partial charge < -0.3 is 10.2 Å². The Bertz CT molecular complexity index is 1060. The summed E-state index contributed by atoms with van der Waals surface area (Å²) in [6, 6.07) is 19.9. The molecule has 1 unspecified atom stereocenters. The van der Waals surface area contributed by atoms with E-state index in [9.17, 15) is 14.0 Å². The van der Waals surface area contributed by atoms with E-state index in [1.54, 1.807) is 30.3 Å². The van der Waals surface area contributed by atoms with E-state index in [2.05, 4.69) is 21.2 Å². The zero-order valence-corrected chi connectivity index (χ0v) is 16.3. The number of nitrogens with one attached hydrogen (secondary N) is 1. The molecule has 1 N–H and O–H groups in total. The van der Waals surface area contributed by atoms with Crippen molar-refractivity contribution < 1.29 is 14.0 Å². The van der Waals surface area contributed by atoms with Crippen molar-refractivity contribution >= 4 is 33.4 Å². The van der Waals surface area contributed by atoms with E-state index in [1.807, 2.05) is 30.3 Å². The molecule has 0 bridgehead atoms. The number of fused-ring (bicyclic) bond motifs is 1. The molecular formula is C22H16BrFN2O2. The van der Waals surface area contributed by atoms with E-state index in [1.165, 1.54) is 17.0 Å². The highest BCUT2D eigenvalue weighted by Gasteiger charge is 2.37. The molecule has 1 aliphatic heterocycles. The molecule has 1 aliphatic rings. The van der Waals surface area contributed by atoms with E-state index in [0.29, 0.717) is 22.1 Å². The third-order valence-electron chi connectivity index (χ3n) is 4.71. The summed E-state index contributed by atoms with van der Waals surface area (Å²) >= 11 is 3.20. The SMILES string of the molecule is O=C(Nc1ccc(Br)cc1F)C(c1ccccc1)N1Cc2ccccc2C1=O. The summed E-state index contributed by atoms with van der Waals surface area (Å²) in [6.45, 7) is 0.324. The van der Waals surface area contributed by atoms with Crippen molar-refractivity contribution in [3.8, 4) is 0 Å². The first-order valence-corrected chi connectivity index (χ1v) is 9.53. The molecule has 0 spiro atoms. The number of halogens is 2. The Balaban J connectivity index is 1.69. The summed E-state index contributed by atoms with van der Waals surface area (Å²) in [4.78, 5) is 27.6. The van der Waals surface area contributed by atoms with Gasteiger partial charge in [-0.25, -0.2) is 4.39 Å². The first-order valence-electron chi connectivity index (χ1n) is 8.74. The van der Waals surface area contributed by atoms with Gasteiger partial charge in [0, 0.05) is 16.6 Å². The molecule has 0 radical (unpaired) electrons. The molecular weight excluding hydrogens is 423 g/mol. The van der Waals surface area contributed by atoms with Crippen molar-refractivity contribution in [3.05, 3.63) is 99.8 Å². The summed E-state index contributed by atoms with van der Waals surface area (Å²) in [6.07, 6.45) is 0. The molecule has 140 valence electrons. The Labute approximate surface area is 170 Å². The fourth-order valence-electron chi connectivity index (χ4n) is 3.39. The molecule has 28 heavy (non-hydrogen) atoms. The highest BCUT2D eigenvalue weighted by molar-refractivity contribution is 9.10. The van der Waals surface area contributed by atoms with E-state index in [0.717, 1.165) is 5.56 Å². The number of carbonyl (C=O) groups is 2. The lowest BCUT2D eigenvalue weighted by Crippen LogP contribution is -2.37. The Hall–Kier alpha value is -2.99. The highest BCUT2D eigenvalue weighted by atomic mass is 79.9. The summed E-state index contributed by atoms with van der Waals surface area (Å²) in [5.41, 5.74) is 2.19. The predicted molar refractivity (Wildman–Crippen MR) is 108 cm³/mol. The number of anilines is 1. The van der Waals surface area contributed by atoms with Gasteiger partial charge >= 0.3 is 0 Å². The molecule has 0 aromatic heterocycles. The Morgan fingerprint density at radius 2 is 1.75 bits per heavy atom. The molecule has 0 saturated heterocycles. The third-order valence-corrected chi connectivity index (χ3v) is 5.21. The number of carbonyl (C=O) groups excluding carboxylic acids is 2. The standard InChI is InChI=1S/C22H16BrFN2O2/c23-16-10-11-19(18(24)12-16)25-21(27)20(14-6-2-1-3-7-14)26-13-15-8-4-5-9-17(15)22(26)28/h1-12,20H,13H2,(H,25,27). The van der Waals surface area contributed by atoms with Gasteiger partial charge in [-0.1, -0.05) is 64.5 Å². The third kappa shape index (κ3) is 3.43. The first kappa shape index (κ1) is 18.4. The van der Waals surface area contributed by atoms with Gasteiger partial charge in [0.1, 0.15) is 11.9 Å². The Kier molecular flexibility index (Phi) is 4.96. The number of rotatable bonds is 4. The minimum Gasteiger partial charge on any atom is -0.321 e. The van der Waals surface area contributed by atoms with Gasteiger partial charge in [-0.3, -0.25) is 9.59 Å². The zero-order valence-electron chi connectivity index (χ0n) is 14.7. The summed E-state index contributed by atoms with van der Waals surface area (Å²) < 4.78 is 14.8. The Morgan fingerprint density at radius 3 is 2.46 bits per heavy atom. The van der Waals surface area contributed by atoms with Crippen LogP contribution in [-0.2, 0) is 11.3 Å². The molecule has 0 aliphatic carbocycles. The number of benzene rings is 3. The van der Waals surface area contributed by atoms with E-state index in [-0.39, 0.29) is 11.6 Å². The summed E-state index contributed by atoms with van der Waals surface area (Å²) in [7, 11) is 0. The van der Waals surface area contributed by atoms with Crippen molar-refractivity contribution in [2.75, 3.05) is 5.32 Å². The fourth-order valence-corrected chi connectivity index (χ4v) is 3.72. The van der Waals surface area contributed by atoms with Crippen LogP contribution in [0.25, 0.3) is 0 Å². The maximum Gasteiger partial charge on any atom is 0.255 e. The lowest BCUT2D eigenvalue weighted by atomic mass is 10.0. The number of hydrogen-bond donors (Lipinski definition) is 1. The Morgan fingerprint density at radius 1 is 1.04 bits per heavy atom. The van der Waals surface area contributed by atoms with E-state index < -0.39 is 17.8 Å². The molecule has 6 heteroatoms. The van der Waals surface area contributed by atoms with Crippen LogP contribution in [0.4, 0.5) is 10.1 Å². The second-order valence-electron chi connectivity index (χ2n) is 6.52. The maximum absolute atomic E-state index is 14.2. The summed E-state index contributed by atoms with van der Waals surface area (Å²) in [5.74, 6) is -1.23. The van der Waals surface area contributed by atoms with Crippen molar-refractivity contribution in [1.29, 1.82) is 0 Å². The second kappa shape index (κ2) is 7.56. The molecule has 4 nitrogen and oxygen atoms in total. The average molecular weight is 439 g/mol. The molecule has 3 aromatic rings. The topological polar surface area (TPSA) is 49.4 Å². The fraction of sp³-hybridized carbons (Fsp3) is 0.0909. The predicted octanol–water partition coefficient (Wildman–Crippen LogP) is 4.92. The zero-order chi connectivity index (χ0) is 19.7. The summed E-state index contributed by atoms with van der Waals surface area (Å²) in [5, 5.41) is 2.63. The van der Waals surface area contributed by atoms with Gasteiger partial charge in [-0.2, -0.15) is 0 Å². The van der Waals surface area contributed by atoms with Gasteiger partial charge in [0.05, 0.1) is 5.69 Å². The quantitative estimate of drug-likeness (QED) is 0.627. The van der Waals surface area contributed by atoms with Gasteiger partial charge in [0.2, 0.25) is 0 Å². The van der Waals surface area contributed by atoms with Crippen LogP contribution >= 0.6 is 15.9 Å². The number of nitrogens with zero attached hydrogens (tertiary/aromatic N) is 1. The van der Waals surface area contributed by atoms with Crippen LogP contribution in [0.15, 0.2) is 77.3 Å². The van der Waals surface area contributed by atoms with Gasteiger partial charge in [-0.05, 0) is 35.4 Å². The minimum absolute atomic E-state index is 0.0679. The van der Waals surface area contributed by atoms with Crippen LogP contribution in [0, 0.1) is 5.82 Å². The van der Waals surface area contributed by atoms with Crippen molar-refractivity contribution in [2.45, 2.75) is 12.6 Å². The van der Waals surface area contributed by atoms with E-state index in [4.69, 9.17) is 0 Å². The molecule has 2 amide bonds. The first-order chi connectivity index (χ1) is 13.5. The highest BCUT2D eigenvalue weighted by Crippen LogP contribution is 2.32. The maximum atomic E-state index is 14.2. The molecule has 4 rings (SSSR count). The molecule has 0 fully saturated rings. The number of amides is 2. The number of hydrogen-bond acceptors (Lipinski definition) is 2. The monoisotopic (exact) mass is 438 g/mol. The smallest absolute Gasteiger partial charge is 0.255 e. The van der Waals surface area contributed by atoms with Crippen LogP contribution in [0.1, 0.15) is 27.5 Å². The molecule has 1 atom stereocenters. The lowest BCUT2D eigenvalue weighted by Gasteiger charge is -2.27. The van der Waals surface area contributed by atoms with Crippen LogP contribution in [0.3, 0.4) is 0 Å². The van der Waals surface area contributed by atoms with Crippen molar-refractivity contribution in [1.82, 2.24) is 4.90 Å². The van der Waals surface area contributed by atoms with Crippen LogP contribution < -0.4 is 5.32 Å². The van der Waals surface area contributed by atoms with Crippen LogP contribution in [0.5, 0.6) is 0 Å². The van der Waals surface area contributed by atoms with Crippen molar-refractivity contribution in [3.63, 3.8) is 0 Å². The minimum atomic E-state index is -0.871.